The van der Waals surface area contributed by atoms with Gasteiger partial charge < -0.3 is 9.64 Å². The summed E-state index contributed by atoms with van der Waals surface area (Å²) in [5.74, 6) is 0.200. The zero-order valence-corrected chi connectivity index (χ0v) is 11.3. The summed E-state index contributed by atoms with van der Waals surface area (Å²) in [4.78, 5) is 14.2. The van der Waals surface area contributed by atoms with Gasteiger partial charge in [-0.1, -0.05) is 24.3 Å². The van der Waals surface area contributed by atoms with E-state index in [4.69, 9.17) is 4.74 Å². The van der Waals surface area contributed by atoms with Crippen molar-refractivity contribution in [2.75, 3.05) is 13.1 Å². The SMILES string of the molecule is Cc1ccccc1CC(=O)N1C[C@H](C)O[C@@H](C)C1. The van der Waals surface area contributed by atoms with Crippen LogP contribution in [0.2, 0.25) is 0 Å². The van der Waals surface area contributed by atoms with Crippen LogP contribution < -0.4 is 0 Å². The summed E-state index contributed by atoms with van der Waals surface area (Å²) >= 11 is 0. The molecule has 1 fully saturated rings. The average molecular weight is 247 g/mol. The Bertz CT molecular complexity index is 420. The Labute approximate surface area is 109 Å². The van der Waals surface area contributed by atoms with E-state index in [9.17, 15) is 4.79 Å². The van der Waals surface area contributed by atoms with E-state index in [-0.39, 0.29) is 18.1 Å². The highest BCUT2D eigenvalue weighted by Gasteiger charge is 2.25. The molecule has 0 unspecified atom stereocenters. The number of ether oxygens (including phenoxy) is 1. The van der Waals surface area contributed by atoms with E-state index in [2.05, 4.69) is 0 Å². The predicted octanol–water partition coefficient (Wildman–Crippen LogP) is 2.17. The molecular formula is C15H21NO2. The van der Waals surface area contributed by atoms with Crippen molar-refractivity contribution in [1.82, 2.24) is 4.90 Å². The van der Waals surface area contributed by atoms with Crippen molar-refractivity contribution in [2.45, 2.75) is 39.4 Å². The molecule has 1 amide bonds. The fourth-order valence-corrected chi connectivity index (χ4v) is 2.46. The van der Waals surface area contributed by atoms with Crippen LogP contribution in [0.5, 0.6) is 0 Å². The van der Waals surface area contributed by atoms with Crippen LogP contribution in [0.4, 0.5) is 0 Å². The summed E-state index contributed by atoms with van der Waals surface area (Å²) < 4.78 is 5.65. The third-order valence-electron chi connectivity index (χ3n) is 3.38. The van der Waals surface area contributed by atoms with E-state index >= 15 is 0 Å². The van der Waals surface area contributed by atoms with Crippen LogP contribution in [-0.2, 0) is 16.0 Å². The Balaban J connectivity index is 2.02. The smallest absolute Gasteiger partial charge is 0.227 e. The van der Waals surface area contributed by atoms with Crippen LogP contribution in [0, 0.1) is 6.92 Å². The Kier molecular flexibility index (Phi) is 4.02. The highest BCUT2D eigenvalue weighted by Crippen LogP contribution is 2.14. The number of aryl methyl sites for hydroxylation is 1. The minimum Gasteiger partial charge on any atom is -0.372 e. The Morgan fingerprint density at radius 1 is 1.28 bits per heavy atom. The van der Waals surface area contributed by atoms with Crippen molar-refractivity contribution in [3.05, 3.63) is 35.4 Å². The standard InChI is InChI=1S/C15H21NO2/c1-11-6-4-5-7-14(11)8-15(17)16-9-12(2)18-13(3)10-16/h4-7,12-13H,8-10H2,1-3H3/t12-,13-/m0/s1. The predicted molar refractivity (Wildman–Crippen MR) is 71.5 cm³/mol. The van der Waals surface area contributed by atoms with E-state index in [1.807, 2.05) is 49.9 Å². The molecule has 98 valence electrons. The highest BCUT2D eigenvalue weighted by atomic mass is 16.5. The van der Waals surface area contributed by atoms with Crippen LogP contribution in [-0.4, -0.2) is 36.1 Å². The maximum Gasteiger partial charge on any atom is 0.227 e. The molecule has 1 aromatic rings. The lowest BCUT2D eigenvalue weighted by molar-refractivity contribution is -0.142. The Morgan fingerprint density at radius 2 is 1.89 bits per heavy atom. The maximum absolute atomic E-state index is 12.3. The molecule has 0 radical (unpaired) electrons. The maximum atomic E-state index is 12.3. The van der Waals surface area contributed by atoms with E-state index in [0.29, 0.717) is 19.5 Å². The largest absolute Gasteiger partial charge is 0.372 e. The number of morpholine rings is 1. The lowest BCUT2D eigenvalue weighted by Crippen LogP contribution is -2.48. The van der Waals surface area contributed by atoms with Crippen molar-refractivity contribution in [3.63, 3.8) is 0 Å². The van der Waals surface area contributed by atoms with Gasteiger partial charge in [-0.2, -0.15) is 0 Å². The van der Waals surface area contributed by atoms with Crippen LogP contribution >= 0.6 is 0 Å². The molecule has 1 aromatic carbocycles. The molecule has 0 saturated carbocycles. The summed E-state index contributed by atoms with van der Waals surface area (Å²) in [5.41, 5.74) is 2.30. The number of benzene rings is 1. The van der Waals surface area contributed by atoms with Crippen molar-refractivity contribution in [3.8, 4) is 0 Å². The van der Waals surface area contributed by atoms with Gasteiger partial charge in [0.05, 0.1) is 18.6 Å². The first kappa shape index (κ1) is 13.1. The van der Waals surface area contributed by atoms with E-state index in [0.717, 1.165) is 5.56 Å². The number of nitrogens with zero attached hydrogens (tertiary/aromatic N) is 1. The molecule has 2 atom stereocenters. The fourth-order valence-electron chi connectivity index (χ4n) is 2.46. The molecule has 0 aromatic heterocycles. The summed E-state index contributed by atoms with van der Waals surface area (Å²) in [7, 11) is 0. The van der Waals surface area contributed by atoms with Gasteiger partial charge in [0.15, 0.2) is 0 Å². The van der Waals surface area contributed by atoms with Crippen molar-refractivity contribution in [1.29, 1.82) is 0 Å². The molecule has 0 spiro atoms. The lowest BCUT2D eigenvalue weighted by Gasteiger charge is -2.35. The topological polar surface area (TPSA) is 29.5 Å². The second-order valence-corrected chi connectivity index (χ2v) is 5.16. The van der Waals surface area contributed by atoms with Gasteiger partial charge in [0.1, 0.15) is 0 Å². The summed E-state index contributed by atoms with van der Waals surface area (Å²) in [6.45, 7) is 7.49. The molecule has 3 heteroatoms. The number of carbonyl (C=O) groups excluding carboxylic acids is 1. The van der Waals surface area contributed by atoms with Gasteiger partial charge in [0.2, 0.25) is 5.91 Å². The van der Waals surface area contributed by atoms with Crippen LogP contribution in [0.25, 0.3) is 0 Å². The third-order valence-corrected chi connectivity index (χ3v) is 3.38. The average Bonchev–Trinajstić information content (AvgIpc) is 2.31. The van der Waals surface area contributed by atoms with Crippen molar-refractivity contribution >= 4 is 5.91 Å². The minimum atomic E-state index is 0.134. The molecule has 1 aliphatic rings. The number of carbonyl (C=O) groups is 1. The van der Waals surface area contributed by atoms with Crippen molar-refractivity contribution in [2.24, 2.45) is 0 Å². The molecule has 3 nitrogen and oxygen atoms in total. The zero-order chi connectivity index (χ0) is 13.1. The first-order valence-corrected chi connectivity index (χ1v) is 6.54. The molecule has 0 bridgehead atoms. The van der Waals surface area contributed by atoms with Gasteiger partial charge in [0.25, 0.3) is 0 Å². The number of hydrogen-bond acceptors (Lipinski definition) is 2. The summed E-state index contributed by atoms with van der Waals surface area (Å²) in [6.07, 6.45) is 0.760. The summed E-state index contributed by atoms with van der Waals surface area (Å²) in [6, 6.07) is 8.07. The fraction of sp³-hybridized carbons (Fsp3) is 0.533. The monoisotopic (exact) mass is 247 g/mol. The van der Waals surface area contributed by atoms with E-state index in [1.165, 1.54) is 5.56 Å². The first-order chi connectivity index (χ1) is 8.56. The van der Waals surface area contributed by atoms with Crippen LogP contribution in [0.1, 0.15) is 25.0 Å². The Hall–Kier alpha value is -1.35. The van der Waals surface area contributed by atoms with E-state index in [1.54, 1.807) is 0 Å². The van der Waals surface area contributed by atoms with Crippen LogP contribution in [0.15, 0.2) is 24.3 Å². The highest BCUT2D eigenvalue weighted by molar-refractivity contribution is 5.79. The number of amides is 1. The second-order valence-electron chi connectivity index (χ2n) is 5.16. The quantitative estimate of drug-likeness (QED) is 0.801. The van der Waals surface area contributed by atoms with Gasteiger partial charge in [-0.15, -0.1) is 0 Å². The molecule has 2 rings (SSSR count). The van der Waals surface area contributed by atoms with Gasteiger partial charge in [-0.05, 0) is 31.9 Å². The molecule has 1 saturated heterocycles. The molecule has 18 heavy (non-hydrogen) atoms. The molecule has 1 heterocycles. The minimum absolute atomic E-state index is 0.134. The number of hydrogen-bond donors (Lipinski definition) is 0. The molecular weight excluding hydrogens is 226 g/mol. The van der Waals surface area contributed by atoms with Gasteiger partial charge in [-0.3, -0.25) is 4.79 Å². The van der Waals surface area contributed by atoms with Crippen molar-refractivity contribution < 1.29 is 9.53 Å². The van der Waals surface area contributed by atoms with E-state index < -0.39 is 0 Å². The normalized spacial score (nSPS) is 24.1. The molecule has 0 N–H and O–H groups in total. The third kappa shape index (κ3) is 3.10. The Morgan fingerprint density at radius 3 is 2.50 bits per heavy atom. The number of rotatable bonds is 2. The van der Waals surface area contributed by atoms with Gasteiger partial charge in [0, 0.05) is 13.1 Å². The molecule has 0 aliphatic carbocycles. The van der Waals surface area contributed by atoms with Gasteiger partial charge >= 0.3 is 0 Å². The second kappa shape index (κ2) is 5.53. The van der Waals surface area contributed by atoms with Crippen LogP contribution in [0.3, 0.4) is 0 Å². The first-order valence-electron chi connectivity index (χ1n) is 6.54. The molecule has 1 aliphatic heterocycles. The zero-order valence-electron chi connectivity index (χ0n) is 11.3. The summed E-state index contributed by atoms with van der Waals surface area (Å²) in [5, 5.41) is 0. The van der Waals surface area contributed by atoms with Gasteiger partial charge in [-0.25, -0.2) is 0 Å². The lowest BCUT2D eigenvalue weighted by atomic mass is 10.0.